The highest BCUT2D eigenvalue weighted by molar-refractivity contribution is 5.25. The van der Waals surface area contributed by atoms with Gasteiger partial charge in [0.15, 0.2) is 0 Å². The summed E-state index contributed by atoms with van der Waals surface area (Å²) in [5.41, 5.74) is 9.22. The molecule has 0 spiro atoms. The average Bonchev–Trinajstić information content (AvgIpc) is 2.77. The highest BCUT2D eigenvalue weighted by Gasteiger charge is 2.13. The molecule has 0 fully saturated rings. The molecule has 0 bridgehead atoms. The fourth-order valence-corrected chi connectivity index (χ4v) is 1.71. The van der Waals surface area contributed by atoms with Gasteiger partial charge in [-0.25, -0.2) is 0 Å². The molecule has 0 aromatic carbocycles. The van der Waals surface area contributed by atoms with Crippen molar-refractivity contribution in [1.29, 1.82) is 0 Å². The highest BCUT2D eigenvalue weighted by atomic mass is 15.3. The van der Waals surface area contributed by atoms with E-state index in [9.17, 15) is 0 Å². The topological polar surface area (TPSA) is 56.7 Å². The summed E-state index contributed by atoms with van der Waals surface area (Å²) in [5, 5.41) is 4.22. The minimum atomic E-state index is -0.157. The summed E-state index contributed by atoms with van der Waals surface area (Å²) in [6, 6.07) is 5.78. The Bertz CT molecular complexity index is 458. The quantitative estimate of drug-likeness (QED) is 0.848. The van der Waals surface area contributed by atoms with Gasteiger partial charge in [-0.3, -0.25) is 9.67 Å². The van der Waals surface area contributed by atoms with E-state index in [2.05, 4.69) is 17.0 Å². The van der Waals surface area contributed by atoms with Gasteiger partial charge in [0.05, 0.1) is 11.7 Å². The van der Waals surface area contributed by atoms with Crippen LogP contribution in [-0.2, 0) is 6.54 Å². The monoisotopic (exact) mass is 216 g/mol. The molecule has 0 aliphatic rings. The third kappa shape index (κ3) is 1.97. The number of nitrogens with zero attached hydrogens (tertiary/aromatic N) is 3. The second-order valence-electron chi connectivity index (χ2n) is 3.78. The Morgan fingerprint density at radius 1 is 1.38 bits per heavy atom. The Kier molecular flexibility index (Phi) is 3.01. The van der Waals surface area contributed by atoms with Crippen molar-refractivity contribution in [2.24, 2.45) is 5.73 Å². The summed E-state index contributed by atoms with van der Waals surface area (Å²) in [7, 11) is 0. The van der Waals surface area contributed by atoms with Gasteiger partial charge in [0, 0.05) is 24.6 Å². The van der Waals surface area contributed by atoms with Crippen LogP contribution in [0.1, 0.15) is 29.9 Å². The van der Waals surface area contributed by atoms with Crippen LogP contribution >= 0.6 is 0 Å². The third-order valence-electron chi connectivity index (χ3n) is 2.66. The smallest absolute Gasteiger partial charge is 0.0738 e. The van der Waals surface area contributed by atoms with Crippen molar-refractivity contribution in [1.82, 2.24) is 14.8 Å². The van der Waals surface area contributed by atoms with Crippen LogP contribution in [0, 0.1) is 6.92 Å². The van der Waals surface area contributed by atoms with Crippen molar-refractivity contribution in [3.8, 4) is 0 Å². The average molecular weight is 216 g/mol. The maximum atomic E-state index is 6.19. The standard InChI is InChI=1S/C12H16N4/c1-3-16-11(6-7-15-16)12(13)10-5-4-9(2)14-8-10/h4-8,12H,3,13H2,1-2H3. The van der Waals surface area contributed by atoms with Crippen molar-refractivity contribution in [2.45, 2.75) is 26.4 Å². The maximum absolute atomic E-state index is 6.19. The zero-order valence-electron chi connectivity index (χ0n) is 9.59. The fraction of sp³-hybridized carbons (Fsp3) is 0.333. The van der Waals surface area contributed by atoms with E-state index in [-0.39, 0.29) is 6.04 Å². The first-order valence-corrected chi connectivity index (χ1v) is 5.42. The molecule has 0 aliphatic heterocycles. The van der Waals surface area contributed by atoms with Gasteiger partial charge in [-0.15, -0.1) is 0 Å². The Labute approximate surface area is 95.1 Å². The van der Waals surface area contributed by atoms with E-state index in [1.165, 1.54) is 0 Å². The molecule has 0 amide bonds. The lowest BCUT2D eigenvalue weighted by atomic mass is 10.1. The van der Waals surface area contributed by atoms with Gasteiger partial charge in [-0.2, -0.15) is 5.10 Å². The maximum Gasteiger partial charge on any atom is 0.0738 e. The second-order valence-corrected chi connectivity index (χ2v) is 3.78. The largest absolute Gasteiger partial charge is 0.319 e. The number of pyridine rings is 1. The molecule has 16 heavy (non-hydrogen) atoms. The van der Waals surface area contributed by atoms with Gasteiger partial charge >= 0.3 is 0 Å². The number of hydrogen-bond donors (Lipinski definition) is 1. The molecule has 2 aromatic heterocycles. The Morgan fingerprint density at radius 3 is 2.81 bits per heavy atom. The Hall–Kier alpha value is -1.68. The molecule has 4 nitrogen and oxygen atoms in total. The first kappa shape index (κ1) is 10.8. The molecule has 1 atom stereocenters. The van der Waals surface area contributed by atoms with Crippen molar-refractivity contribution in [3.05, 3.63) is 47.5 Å². The summed E-state index contributed by atoms with van der Waals surface area (Å²) in [6.07, 6.45) is 3.60. The molecule has 2 rings (SSSR count). The first-order valence-electron chi connectivity index (χ1n) is 5.42. The van der Waals surface area contributed by atoms with Gasteiger partial charge in [0.2, 0.25) is 0 Å². The van der Waals surface area contributed by atoms with E-state index < -0.39 is 0 Å². The van der Waals surface area contributed by atoms with E-state index in [4.69, 9.17) is 5.73 Å². The summed E-state index contributed by atoms with van der Waals surface area (Å²) < 4.78 is 1.91. The molecule has 0 aliphatic carbocycles. The van der Waals surface area contributed by atoms with Gasteiger partial charge < -0.3 is 5.73 Å². The molecule has 2 aromatic rings. The van der Waals surface area contributed by atoms with Crippen molar-refractivity contribution < 1.29 is 0 Å². The van der Waals surface area contributed by atoms with Crippen LogP contribution in [0.4, 0.5) is 0 Å². The van der Waals surface area contributed by atoms with Crippen LogP contribution in [0.2, 0.25) is 0 Å². The molecule has 2 heterocycles. The Balaban J connectivity index is 2.31. The van der Waals surface area contributed by atoms with Crippen LogP contribution in [0.25, 0.3) is 0 Å². The van der Waals surface area contributed by atoms with Gasteiger partial charge in [0.1, 0.15) is 0 Å². The minimum Gasteiger partial charge on any atom is -0.319 e. The zero-order chi connectivity index (χ0) is 11.5. The van der Waals surface area contributed by atoms with E-state index in [0.717, 1.165) is 23.5 Å². The molecule has 2 N–H and O–H groups in total. The first-order chi connectivity index (χ1) is 7.72. The lowest BCUT2D eigenvalue weighted by Crippen LogP contribution is -2.17. The number of hydrogen-bond acceptors (Lipinski definition) is 3. The fourth-order valence-electron chi connectivity index (χ4n) is 1.71. The summed E-state index contributed by atoms with van der Waals surface area (Å²) in [4.78, 5) is 4.26. The lowest BCUT2D eigenvalue weighted by molar-refractivity contribution is 0.600. The van der Waals surface area contributed by atoms with Crippen LogP contribution in [0.5, 0.6) is 0 Å². The number of nitrogens with two attached hydrogens (primary N) is 1. The second kappa shape index (κ2) is 4.45. The molecule has 0 radical (unpaired) electrons. The number of aromatic nitrogens is 3. The lowest BCUT2D eigenvalue weighted by Gasteiger charge is -2.13. The third-order valence-corrected chi connectivity index (χ3v) is 2.66. The highest BCUT2D eigenvalue weighted by Crippen LogP contribution is 2.18. The van der Waals surface area contributed by atoms with Crippen LogP contribution in [0.3, 0.4) is 0 Å². The molecule has 1 unspecified atom stereocenters. The molecule has 84 valence electrons. The van der Waals surface area contributed by atoms with E-state index in [0.29, 0.717) is 0 Å². The van der Waals surface area contributed by atoms with Crippen molar-refractivity contribution in [2.75, 3.05) is 0 Å². The van der Waals surface area contributed by atoms with Gasteiger partial charge in [-0.1, -0.05) is 6.07 Å². The molecular formula is C12H16N4. The van der Waals surface area contributed by atoms with Crippen LogP contribution in [0.15, 0.2) is 30.6 Å². The number of aryl methyl sites for hydroxylation is 2. The molecule has 0 saturated carbocycles. The SMILES string of the molecule is CCn1nccc1C(N)c1ccc(C)nc1. The molecular weight excluding hydrogens is 200 g/mol. The van der Waals surface area contributed by atoms with Crippen LogP contribution in [-0.4, -0.2) is 14.8 Å². The Morgan fingerprint density at radius 2 is 2.19 bits per heavy atom. The summed E-state index contributed by atoms with van der Waals surface area (Å²) >= 11 is 0. The van der Waals surface area contributed by atoms with Gasteiger partial charge in [0.25, 0.3) is 0 Å². The normalized spacial score (nSPS) is 12.7. The van der Waals surface area contributed by atoms with E-state index in [1.807, 2.05) is 36.0 Å². The van der Waals surface area contributed by atoms with Crippen molar-refractivity contribution >= 4 is 0 Å². The predicted molar refractivity (Wildman–Crippen MR) is 62.9 cm³/mol. The van der Waals surface area contributed by atoms with E-state index in [1.54, 1.807) is 6.20 Å². The summed E-state index contributed by atoms with van der Waals surface area (Å²) in [5.74, 6) is 0. The predicted octanol–water partition coefficient (Wildman–Crippen LogP) is 1.65. The van der Waals surface area contributed by atoms with E-state index >= 15 is 0 Å². The molecule has 0 saturated heterocycles. The molecule has 4 heteroatoms. The summed E-state index contributed by atoms with van der Waals surface area (Å²) in [6.45, 7) is 4.84. The minimum absolute atomic E-state index is 0.157. The van der Waals surface area contributed by atoms with Gasteiger partial charge in [-0.05, 0) is 31.5 Å². The van der Waals surface area contributed by atoms with Crippen LogP contribution < -0.4 is 5.73 Å². The van der Waals surface area contributed by atoms with Crippen molar-refractivity contribution in [3.63, 3.8) is 0 Å². The number of rotatable bonds is 3. The zero-order valence-corrected chi connectivity index (χ0v) is 9.59.